The molecule has 0 saturated heterocycles. The van der Waals surface area contributed by atoms with Crippen molar-refractivity contribution in [1.29, 1.82) is 0 Å². The first-order valence-corrected chi connectivity index (χ1v) is 4.61. The lowest BCUT2D eigenvalue weighted by molar-refractivity contribution is 0.669. The third-order valence-electron chi connectivity index (χ3n) is 2.49. The highest BCUT2D eigenvalue weighted by atomic mass is 15.1. The van der Waals surface area contributed by atoms with Crippen molar-refractivity contribution in [2.24, 2.45) is 0 Å². The van der Waals surface area contributed by atoms with Crippen molar-refractivity contribution in [2.45, 2.75) is 32.2 Å². The summed E-state index contributed by atoms with van der Waals surface area (Å²) in [5.41, 5.74) is 4.05. The van der Waals surface area contributed by atoms with E-state index >= 15 is 0 Å². The van der Waals surface area contributed by atoms with Gasteiger partial charge in [-0.3, -0.25) is 5.10 Å². The van der Waals surface area contributed by atoms with E-state index < -0.39 is 0 Å². The van der Waals surface area contributed by atoms with E-state index in [-0.39, 0.29) is 0 Å². The lowest BCUT2D eigenvalue weighted by atomic mass is 9.96. The Labute approximate surface area is 72.6 Å². The Bertz CT molecular complexity index is 265. The molecule has 3 heteroatoms. The molecule has 0 fully saturated rings. The van der Waals surface area contributed by atoms with Crippen molar-refractivity contribution < 1.29 is 0 Å². The van der Waals surface area contributed by atoms with Gasteiger partial charge in [-0.2, -0.15) is 5.10 Å². The number of nitrogens with one attached hydrogen (secondary N) is 2. The Morgan fingerprint density at radius 1 is 1.42 bits per heavy atom. The molecule has 2 N–H and O–H groups in total. The van der Waals surface area contributed by atoms with E-state index in [4.69, 9.17) is 0 Å². The van der Waals surface area contributed by atoms with Gasteiger partial charge in [0, 0.05) is 12.2 Å². The highest BCUT2D eigenvalue weighted by Crippen LogP contribution is 2.21. The van der Waals surface area contributed by atoms with Crippen LogP contribution in [0.3, 0.4) is 0 Å². The maximum atomic E-state index is 4.30. The Kier molecular flexibility index (Phi) is 2.13. The van der Waals surface area contributed by atoms with Crippen LogP contribution < -0.4 is 5.32 Å². The molecule has 12 heavy (non-hydrogen) atoms. The van der Waals surface area contributed by atoms with Crippen molar-refractivity contribution >= 4 is 0 Å². The molecule has 1 heterocycles. The van der Waals surface area contributed by atoms with Crippen LogP contribution >= 0.6 is 0 Å². The molecule has 66 valence electrons. The quantitative estimate of drug-likeness (QED) is 0.686. The summed E-state index contributed by atoms with van der Waals surface area (Å²) in [5, 5.41) is 10.6. The normalized spacial score (nSPS) is 16.1. The molecule has 1 aromatic rings. The van der Waals surface area contributed by atoms with Gasteiger partial charge in [-0.1, -0.05) is 0 Å². The Morgan fingerprint density at radius 3 is 3.08 bits per heavy atom. The Morgan fingerprint density at radius 2 is 2.25 bits per heavy atom. The van der Waals surface area contributed by atoms with Crippen LogP contribution in [0.5, 0.6) is 0 Å². The fraction of sp³-hybridized carbons (Fsp3) is 0.667. The van der Waals surface area contributed by atoms with Crippen LogP contribution in [-0.4, -0.2) is 17.2 Å². The number of H-pyrrole nitrogens is 1. The Balaban J connectivity index is 2.25. The lowest BCUT2D eigenvalue weighted by Crippen LogP contribution is -2.09. The zero-order chi connectivity index (χ0) is 8.39. The van der Waals surface area contributed by atoms with Crippen molar-refractivity contribution in [3.8, 4) is 0 Å². The highest BCUT2D eigenvalue weighted by Gasteiger charge is 2.15. The van der Waals surface area contributed by atoms with E-state index in [1.165, 1.54) is 42.6 Å². The molecule has 3 nitrogen and oxygen atoms in total. The zero-order valence-electron chi connectivity index (χ0n) is 7.48. The fourth-order valence-electron chi connectivity index (χ4n) is 1.86. The SMILES string of the molecule is CNCc1n[nH]c2c1CCCC2. The molecule has 0 aromatic carbocycles. The van der Waals surface area contributed by atoms with Crippen LogP contribution in [0.2, 0.25) is 0 Å². The maximum Gasteiger partial charge on any atom is 0.0794 e. The number of aromatic amines is 1. The van der Waals surface area contributed by atoms with Gasteiger partial charge < -0.3 is 5.32 Å². The minimum Gasteiger partial charge on any atom is -0.314 e. The van der Waals surface area contributed by atoms with Crippen LogP contribution in [0.25, 0.3) is 0 Å². The summed E-state index contributed by atoms with van der Waals surface area (Å²) in [7, 11) is 1.96. The summed E-state index contributed by atoms with van der Waals surface area (Å²) in [6.45, 7) is 0.895. The summed E-state index contributed by atoms with van der Waals surface area (Å²) in [6.07, 6.45) is 5.03. The van der Waals surface area contributed by atoms with Crippen LogP contribution in [-0.2, 0) is 19.4 Å². The Hall–Kier alpha value is -0.830. The molecule has 0 atom stereocenters. The first-order chi connectivity index (χ1) is 5.92. The number of hydrogen-bond acceptors (Lipinski definition) is 2. The summed E-state index contributed by atoms with van der Waals surface area (Å²) in [4.78, 5) is 0. The first kappa shape index (κ1) is 7.80. The van der Waals surface area contributed by atoms with Gasteiger partial charge >= 0.3 is 0 Å². The predicted molar refractivity (Wildman–Crippen MR) is 48.0 cm³/mol. The van der Waals surface area contributed by atoms with Crippen molar-refractivity contribution in [2.75, 3.05) is 7.05 Å². The maximum absolute atomic E-state index is 4.30. The standard InChI is InChI=1S/C9H15N3/c1-10-6-9-7-4-2-3-5-8(7)11-12-9/h10H,2-6H2,1H3,(H,11,12). The minimum atomic E-state index is 0.895. The smallest absolute Gasteiger partial charge is 0.0794 e. The number of rotatable bonds is 2. The second kappa shape index (κ2) is 3.27. The molecule has 0 bridgehead atoms. The van der Waals surface area contributed by atoms with Gasteiger partial charge in [-0.25, -0.2) is 0 Å². The molecule has 0 aliphatic heterocycles. The van der Waals surface area contributed by atoms with E-state index in [0.29, 0.717) is 0 Å². The number of nitrogens with zero attached hydrogens (tertiary/aromatic N) is 1. The minimum absolute atomic E-state index is 0.895. The topological polar surface area (TPSA) is 40.7 Å². The monoisotopic (exact) mass is 165 g/mol. The number of aryl methyl sites for hydroxylation is 1. The van der Waals surface area contributed by atoms with Crippen LogP contribution in [0, 0.1) is 0 Å². The molecular formula is C9H15N3. The van der Waals surface area contributed by atoms with Gasteiger partial charge in [-0.05, 0) is 38.3 Å². The van der Waals surface area contributed by atoms with Gasteiger partial charge in [0.2, 0.25) is 0 Å². The molecule has 0 unspecified atom stereocenters. The molecule has 1 aliphatic rings. The van der Waals surface area contributed by atoms with Gasteiger partial charge in [-0.15, -0.1) is 0 Å². The molecule has 1 aromatic heterocycles. The summed E-state index contributed by atoms with van der Waals surface area (Å²) < 4.78 is 0. The van der Waals surface area contributed by atoms with Crippen molar-refractivity contribution in [3.63, 3.8) is 0 Å². The highest BCUT2D eigenvalue weighted by molar-refractivity contribution is 5.27. The fourth-order valence-corrected chi connectivity index (χ4v) is 1.86. The summed E-state index contributed by atoms with van der Waals surface area (Å²) >= 11 is 0. The molecule has 0 spiro atoms. The van der Waals surface area contributed by atoms with E-state index in [0.717, 1.165) is 6.54 Å². The number of aromatic nitrogens is 2. The van der Waals surface area contributed by atoms with Crippen LogP contribution in [0.1, 0.15) is 29.8 Å². The van der Waals surface area contributed by atoms with Gasteiger partial charge in [0.1, 0.15) is 0 Å². The molecule has 0 saturated carbocycles. The van der Waals surface area contributed by atoms with Crippen LogP contribution in [0.4, 0.5) is 0 Å². The molecule has 2 rings (SSSR count). The third-order valence-corrected chi connectivity index (χ3v) is 2.49. The lowest BCUT2D eigenvalue weighted by Gasteiger charge is -2.10. The third kappa shape index (κ3) is 1.25. The number of fused-ring (bicyclic) bond motifs is 1. The second-order valence-corrected chi connectivity index (χ2v) is 3.36. The average molecular weight is 165 g/mol. The zero-order valence-corrected chi connectivity index (χ0v) is 7.48. The molecule has 0 amide bonds. The van der Waals surface area contributed by atoms with Gasteiger partial charge in [0.05, 0.1) is 5.69 Å². The largest absolute Gasteiger partial charge is 0.314 e. The second-order valence-electron chi connectivity index (χ2n) is 3.36. The average Bonchev–Trinajstić information content (AvgIpc) is 2.50. The molecular weight excluding hydrogens is 150 g/mol. The van der Waals surface area contributed by atoms with E-state index in [9.17, 15) is 0 Å². The summed E-state index contributed by atoms with van der Waals surface area (Å²) in [5.74, 6) is 0. The van der Waals surface area contributed by atoms with Crippen molar-refractivity contribution in [3.05, 3.63) is 17.0 Å². The summed E-state index contributed by atoms with van der Waals surface area (Å²) in [6, 6.07) is 0. The predicted octanol–water partition coefficient (Wildman–Crippen LogP) is 1.01. The van der Waals surface area contributed by atoms with E-state index in [1.54, 1.807) is 0 Å². The first-order valence-electron chi connectivity index (χ1n) is 4.61. The van der Waals surface area contributed by atoms with Gasteiger partial charge in [0.15, 0.2) is 0 Å². The number of hydrogen-bond donors (Lipinski definition) is 2. The van der Waals surface area contributed by atoms with E-state index in [1.807, 2.05) is 7.05 Å². The van der Waals surface area contributed by atoms with Crippen LogP contribution in [0.15, 0.2) is 0 Å². The van der Waals surface area contributed by atoms with Crippen molar-refractivity contribution in [1.82, 2.24) is 15.5 Å². The van der Waals surface area contributed by atoms with E-state index in [2.05, 4.69) is 15.5 Å². The molecule has 1 aliphatic carbocycles. The molecule has 0 radical (unpaired) electrons. The van der Waals surface area contributed by atoms with Gasteiger partial charge in [0.25, 0.3) is 0 Å².